The molecule has 3 aromatic rings. The Hall–Kier alpha value is -2.84. The number of hydrogen-bond donors (Lipinski definition) is 2. The number of benzene rings is 2. The van der Waals surface area contributed by atoms with Crippen molar-refractivity contribution in [3.63, 3.8) is 0 Å². The zero-order valence-electron chi connectivity index (χ0n) is 18.4. The van der Waals surface area contributed by atoms with E-state index in [2.05, 4.69) is 15.7 Å². The molecule has 0 saturated carbocycles. The van der Waals surface area contributed by atoms with Crippen LogP contribution in [0, 0.1) is 13.8 Å². The van der Waals surface area contributed by atoms with Gasteiger partial charge in [0.25, 0.3) is 5.91 Å². The van der Waals surface area contributed by atoms with Crippen molar-refractivity contribution in [3.8, 4) is 5.69 Å². The Morgan fingerprint density at radius 3 is 2.45 bits per heavy atom. The van der Waals surface area contributed by atoms with Crippen molar-refractivity contribution >= 4 is 24.0 Å². The second-order valence-electron chi connectivity index (χ2n) is 8.15. The van der Waals surface area contributed by atoms with Gasteiger partial charge in [-0.05, 0) is 75.2 Å². The van der Waals surface area contributed by atoms with Crippen LogP contribution in [0.15, 0.2) is 48.7 Å². The average Bonchev–Trinajstić information content (AvgIpc) is 3.21. The number of nitrogens with one attached hydrogen (secondary N) is 2. The van der Waals surface area contributed by atoms with Crippen LogP contribution in [-0.2, 0) is 6.18 Å². The van der Waals surface area contributed by atoms with Gasteiger partial charge >= 0.3 is 6.18 Å². The molecule has 2 aromatic carbocycles. The van der Waals surface area contributed by atoms with Crippen LogP contribution in [0.2, 0.25) is 0 Å². The second-order valence-corrected chi connectivity index (χ2v) is 8.15. The number of carbonyl (C=O) groups is 1. The Bertz CT molecular complexity index is 1140. The van der Waals surface area contributed by atoms with Crippen LogP contribution >= 0.6 is 12.4 Å². The van der Waals surface area contributed by atoms with E-state index in [1.807, 2.05) is 32.0 Å². The molecule has 33 heavy (non-hydrogen) atoms. The normalized spacial score (nSPS) is 14.6. The van der Waals surface area contributed by atoms with Gasteiger partial charge in [-0.15, -0.1) is 12.4 Å². The van der Waals surface area contributed by atoms with Gasteiger partial charge in [0.2, 0.25) is 0 Å². The summed E-state index contributed by atoms with van der Waals surface area (Å²) in [5.74, 6) is -0.524. The monoisotopic (exact) mass is 478 g/mol. The topological polar surface area (TPSA) is 59.0 Å². The summed E-state index contributed by atoms with van der Waals surface area (Å²) in [5.41, 5.74) is 2.96. The maximum absolute atomic E-state index is 13.4. The second kappa shape index (κ2) is 9.97. The van der Waals surface area contributed by atoms with Crippen LogP contribution in [0.3, 0.4) is 0 Å². The third-order valence-electron chi connectivity index (χ3n) is 5.99. The van der Waals surface area contributed by atoms with Crippen LogP contribution in [0.4, 0.5) is 18.9 Å². The number of rotatable bonds is 4. The van der Waals surface area contributed by atoms with Gasteiger partial charge in [0.05, 0.1) is 34.4 Å². The molecule has 2 heterocycles. The van der Waals surface area contributed by atoms with Crippen LogP contribution in [0.5, 0.6) is 0 Å². The zero-order valence-corrected chi connectivity index (χ0v) is 19.2. The van der Waals surface area contributed by atoms with E-state index in [9.17, 15) is 18.0 Å². The fourth-order valence-electron chi connectivity index (χ4n) is 4.11. The summed E-state index contributed by atoms with van der Waals surface area (Å²) in [6.45, 7) is 5.64. The summed E-state index contributed by atoms with van der Waals surface area (Å²) in [7, 11) is 0. The molecular formula is C24H26ClF3N4O. The maximum Gasteiger partial charge on any atom is 0.418 e. The third-order valence-corrected chi connectivity index (χ3v) is 5.99. The molecule has 9 heteroatoms. The highest BCUT2D eigenvalue weighted by Crippen LogP contribution is 2.36. The van der Waals surface area contributed by atoms with Gasteiger partial charge in [0.1, 0.15) is 0 Å². The van der Waals surface area contributed by atoms with Crippen molar-refractivity contribution in [3.05, 3.63) is 76.6 Å². The number of amides is 1. The molecule has 1 saturated heterocycles. The molecule has 176 valence electrons. The first-order valence-corrected chi connectivity index (χ1v) is 10.6. The summed E-state index contributed by atoms with van der Waals surface area (Å²) in [6.07, 6.45) is -1.48. The fraction of sp³-hybridized carbons (Fsp3) is 0.333. The molecule has 0 unspecified atom stereocenters. The minimum absolute atomic E-state index is 0. The van der Waals surface area contributed by atoms with Crippen molar-refractivity contribution in [2.75, 3.05) is 18.4 Å². The minimum Gasteiger partial charge on any atom is -0.321 e. The summed E-state index contributed by atoms with van der Waals surface area (Å²) in [5, 5.41) is 10.3. The Morgan fingerprint density at radius 2 is 1.79 bits per heavy atom. The molecule has 0 spiro atoms. The lowest BCUT2D eigenvalue weighted by molar-refractivity contribution is -0.136. The largest absolute Gasteiger partial charge is 0.418 e. The molecule has 2 N–H and O–H groups in total. The van der Waals surface area contributed by atoms with Crippen molar-refractivity contribution < 1.29 is 18.0 Å². The Kier molecular flexibility index (Phi) is 7.49. The fourth-order valence-corrected chi connectivity index (χ4v) is 4.11. The number of hydrogen-bond acceptors (Lipinski definition) is 3. The number of halogens is 4. The van der Waals surface area contributed by atoms with E-state index < -0.39 is 17.6 Å². The lowest BCUT2D eigenvalue weighted by atomic mass is 9.91. The Morgan fingerprint density at radius 1 is 1.09 bits per heavy atom. The molecule has 1 fully saturated rings. The predicted molar refractivity (Wildman–Crippen MR) is 125 cm³/mol. The number of nitrogens with zero attached hydrogens (tertiary/aromatic N) is 2. The molecule has 0 bridgehead atoms. The van der Waals surface area contributed by atoms with Gasteiger partial charge in [-0.1, -0.05) is 18.2 Å². The first-order chi connectivity index (χ1) is 15.3. The number of alkyl halides is 3. The number of aromatic nitrogens is 2. The first kappa shape index (κ1) is 24.8. The molecular weight excluding hydrogens is 453 g/mol. The summed E-state index contributed by atoms with van der Waals surface area (Å²) in [6, 6.07) is 10.9. The van der Waals surface area contributed by atoms with Crippen molar-refractivity contribution in [2.45, 2.75) is 38.8 Å². The van der Waals surface area contributed by atoms with Crippen LogP contribution in [0.25, 0.3) is 5.69 Å². The molecule has 4 rings (SSSR count). The molecule has 0 aliphatic carbocycles. The number of piperidine rings is 1. The van der Waals surface area contributed by atoms with E-state index >= 15 is 0 Å². The van der Waals surface area contributed by atoms with Crippen molar-refractivity contribution in [1.82, 2.24) is 15.1 Å². The van der Waals surface area contributed by atoms with Gasteiger partial charge in [-0.25, -0.2) is 4.68 Å². The van der Waals surface area contributed by atoms with Crippen LogP contribution in [0.1, 0.15) is 51.5 Å². The molecule has 1 amide bonds. The van der Waals surface area contributed by atoms with Gasteiger partial charge in [0, 0.05) is 5.92 Å². The zero-order chi connectivity index (χ0) is 22.9. The summed E-state index contributed by atoms with van der Waals surface area (Å²) < 4.78 is 41.9. The average molecular weight is 479 g/mol. The van der Waals surface area contributed by atoms with E-state index in [1.54, 1.807) is 4.68 Å². The SMILES string of the molecule is Cc1ccc(-n2ncc(C(=O)Nc3ccccc3C(F)(F)F)c2C2CCNCC2)cc1C.Cl. The number of carbonyl (C=O) groups excluding carboxylic acids is 1. The molecule has 0 atom stereocenters. The molecule has 5 nitrogen and oxygen atoms in total. The Labute approximate surface area is 196 Å². The molecule has 1 aliphatic heterocycles. The van der Waals surface area contributed by atoms with Crippen LogP contribution in [-0.4, -0.2) is 28.8 Å². The minimum atomic E-state index is -4.56. The lowest BCUT2D eigenvalue weighted by Crippen LogP contribution is -2.29. The molecule has 1 aromatic heterocycles. The van der Waals surface area contributed by atoms with E-state index in [0.717, 1.165) is 54.5 Å². The van der Waals surface area contributed by atoms with Gasteiger partial charge in [-0.2, -0.15) is 18.3 Å². The standard InChI is InChI=1S/C24H25F3N4O.ClH/c1-15-7-8-18(13-16(15)2)31-22(17-9-11-28-12-10-17)19(14-29-31)23(32)30-21-6-4-3-5-20(21)24(25,26)27;/h3-8,13-14,17,28H,9-12H2,1-2H3,(H,30,32);1H. The number of anilines is 1. The van der Waals surface area contributed by atoms with E-state index in [-0.39, 0.29) is 24.0 Å². The Balaban J connectivity index is 0.00000306. The van der Waals surface area contributed by atoms with Gasteiger partial charge in [-0.3, -0.25) is 4.79 Å². The summed E-state index contributed by atoms with van der Waals surface area (Å²) in [4.78, 5) is 13.2. The molecule has 1 aliphatic rings. The molecule has 0 radical (unpaired) electrons. The van der Waals surface area contributed by atoms with E-state index in [4.69, 9.17) is 0 Å². The lowest BCUT2D eigenvalue weighted by Gasteiger charge is -2.25. The van der Waals surface area contributed by atoms with Crippen LogP contribution < -0.4 is 10.6 Å². The highest BCUT2D eigenvalue weighted by molar-refractivity contribution is 6.05. The predicted octanol–water partition coefficient (Wildman–Crippen LogP) is 5.65. The van der Waals surface area contributed by atoms with Crippen molar-refractivity contribution in [2.24, 2.45) is 0 Å². The number of aryl methyl sites for hydroxylation is 2. The maximum atomic E-state index is 13.4. The highest BCUT2D eigenvalue weighted by Gasteiger charge is 2.34. The van der Waals surface area contributed by atoms with Gasteiger partial charge < -0.3 is 10.6 Å². The van der Waals surface area contributed by atoms with Gasteiger partial charge in [0.15, 0.2) is 0 Å². The smallest absolute Gasteiger partial charge is 0.321 e. The quantitative estimate of drug-likeness (QED) is 0.509. The first-order valence-electron chi connectivity index (χ1n) is 10.6. The van der Waals surface area contributed by atoms with E-state index in [1.165, 1.54) is 24.4 Å². The summed E-state index contributed by atoms with van der Waals surface area (Å²) >= 11 is 0. The third kappa shape index (κ3) is 5.23. The van der Waals surface area contributed by atoms with E-state index in [0.29, 0.717) is 5.56 Å². The number of para-hydroxylation sites is 1. The van der Waals surface area contributed by atoms with Crippen molar-refractivity contribution in [1.29, 1.82) is 0 Å². The highest BCUT2D eigenvalue weighted by atomic mass is 35.5.